The largest absolute Gasteiger partial charge is 0.508 e. The summed E-state index contributed by atoms with van der Waals surface area (Å²) in [7, 11) is 2.29. The maximum atomic E-state index is 10.1. The molecule has 1 aromatic rings. The molecular formula is C18H28N2O. The van der Waals surface area contributed by atoms with Crippen LogP contribution in [0.5, 0.6) is 5.75 Å². The highest BCUT2D eigenvalue weighted by Crippen LogP contribution is 2.39. The van der Waals surface area contributed by atoms with E-state index in [0.717, 1.165) is 6.42 Å². The van der Waals surface area contributed by atoms with Gasteiger partial charge in [-0.1, -0.05) is 19.1 Å². The molecule has 116 valence electrons. The van der Waals surface area contributed by atoms with Gasteiger partial charge in [-0.3, -0.25) is 4.90 Å². The third kappa shape index (κ3) is 2.95. The molecule has 3 rings (SSSR count). The van der Waals surface area contributed by atoms with Crippen LogP contribution in [0.3, 0.4) is 0 Å². The predicted octanol–water partition coefficient (Wildman–Crippen LogP) is 3.19. The number of phenolic OH excluding ortho intramolecular Hbond substituents is 1. The van der Waals surface area contributed by atoms with Crippen molar-refractivity contribution in [1.29, 1.82) is 0 Å². The van der Waals surface area contributed by atoms with Crippen LogP contribution in [0.15, 0.2) is 18.2 Å². The summed E-state index contributed by atoms with van der Waals surface area (Å²) in [5.41, 5.74) is 2.55. The molecule has 3 nitrogen and oxygen atoms in total. The van der Waals surface area contributed by atoms with Gasteiger partial charge < -0.3 is 10.0 Å². The fourth-order valence-corrected chi connectivity index (χ4v) is 4.12. The van der Waals surface area contributed by atoms with Gasteiger partial charge in [-0.15, -0.1) is 0 Å². The molecule has 3 heteroatoms. The summed E-state index contributed by atoms with van der Waals surface area (Å²) < 4.78 is 0. The van der Waals surface area contributed by atoms with Crippen molar-refractivity contribution < 1.29 is 5.11 Å². The van der Waals surface area contributed by atoms with E-state index in [2.05, 4.69) is 29.8 Å². The first-order valence-electron chi connectivity index (χ1n) is 8.45. The Balaban J connectivity index is 1.75. The van der Waals surface area contributed by atoms with Crippen LogP contribution in [0.25, 0.3) is 0 Å². The number of hydrogen-bond donors (Lipinski definition) is 1. The lowest BCUT2D eigenvalue weighted by atomic mass is 9.85. The standard InChI is InChI=1S/C18H28N2O/c1-3-20-12-10-14(11-13-20)19(2)17-8-4-7-16-15(17)6-5-9-18(16)21/h5-6,9,14,17,21H,3-4,7-8,10-13H2,1-2H3. The highest BCUT2D eigenvalue weighted by atomic mass is 16.3. The number of phenols is 1. The topological polar surface area (TPSA) is 26.7 Å². The Kier molecular flexibility index (Phi) is 4.51. The molecule has 21 heavy (non-hydrogen) atoms. The maximum absolute atomic E-state index is 10.1. The second-order valence-electron chi connectivity index (χ2n) is 6.58. The second kappa shape index (κ2) is 6.37. The number of fused-ring (bicyclic) bond motifs is 1. The van der Waals surface area contributed by atoms with E-state index in [4.69, 9.17) is 0 Å². The molecule has 1 aliphatic carbocycles. The van der Waals surface area contributed by atoms with Crippen molar-refractivity contribution in [2.75, 3.05) is 26.7 Å². The van der Waals surface area contributed by atoms with Crippen molar-refractivity contribution in [3.8, 4) is 5.75 Å². The van der Waals surface area contributed by atoms with Crippen LogP contribution in [0.4, 0.5) is 0 Å². The molecule has 1 N–H and O–H groups in total. The summed E-state index contributed by atoms with van der Waals surface area (Å²) in [5, 5.41) is 10.1. The van der Waals surface area contributed by atoms with E-state index < -0.39 is 0 Å². The van der Waals surface area contributed by atoms with Gasteiger partial charge in [0.05, 0.1) is 0 Å². The molecule has 0 bridgehead atoms. The van der Waals surface area contributed by atoms with Gasteiger partial charge in [0.1, 0.15) is 5.75 Å². The van der Waals surface area contributed by atoms with Crippen LogP contribution in [0.2, 0.25) is 0 Å². The first-order chi connectivity index (χ1) is 10.2. The fraction of sp³-hybridized carbons (Fsp3) is 0.667. The summed E-state index contributed by atoms with van der Waals surface area (Å²) in [6.45, 7) is 5.89. The van der Waals surface area contributed by atoms with Crippen molar-refractivity contribution in [3.05, 3.63) is 29.3 Å². The zero-order valence-electron chi connectivity index (χ0n) is 13.4. The van der Waals surface area contributed by atoms with E-state index >= 15 is 0 Å². The van der Waals surface area contributed by atoms with Crippen molar-refractivity contribution in [3.63, 3.8) is 0 Å². The minimum absolute atomic E-state index is 0.485. The van der Waals surface area contributed by atoms with Gasteiger partial charge in [0.15, 0.2) is 0 Å². The number of likely N-dealkylation sites (tertiary alicyclic amines) is 1. The van der Waals surface area contributed by atoms with Gasteiger partial charge >= 0.3 is 0 Å². The Morgan fingerprint density at radius 2 is 2.00 bits per heavy atom. The number of nitrogens with zero attached hydrogens (tertiary/aromatic N) is 2. The molecule has 0 radical (unpaired) electrons. The first-order valence-corrected chi connectivity index (χ1v) is 8.45. The molecule has 0 spiro atoms. The first kappa shape index (κ1) is 14.9. The Morgan fingerprint density at radius 1 is 1.24 bits per heavy atom. The summed E-state index contributed by atoms with van der Waals surface area (Å²) in [6.07, 6.45) is 5.99. The normalized spacial score (nSPS) is 24.2. The number of benzene rings is 1. The van der Waals surface area contributed by atoms with Crippen LogP contribution in [-0.4, -0.2) is 47.6 Å². The van der Waals surface area contributed by atoms with Crippen molar-refractivity contribution >= 4 is 0 Å². The van der Waals surface area contributed by atoms with E-state index in [1.54, 1.807) is 0 Å². The molecule has 1 unspecified atom stereocenters. The Hall–Kier alpha value is -1.06. The van der Waals surface area contributed by atoms with E-state index in [9.17, 15) is 5.11 Å². The average molecular weight is 288 g/mol. The lowest BCUT2D eigenvalue weighted by Crippen LogP contribution is -2.45. The van der Waals surface area contributed by atoms with E-state index in [-0.39, 0.29) is 0 Å². The molecule has 0 saturated carbocycles. The van der Waals surface area contributed by atoms with Crippen molar-refractivity contribution in [1.82, 2.24) is 9.80 Å². The Morgan fingerprint density at radius 3 is 2.71 bits per heavy atom. The molecule has 1 heterocycles. The Bertz CT molecular complexity index is 480. The zero-order chi connectivity index (χ0) is 14.8. The van der Waals surface area contributed by atoms with E-state index in [0.29, 0.717) is 17.8 Å². The van der Waals surface area contributed by atoms with Gasteiger partial charge in [0.25, 0.3) is 0 Å². The number of rotatable bonds is 3. The minimum Gasteiger partial charge on any atom is -0.508 e. The minimum atomic E-state index is 0.485. The van der Waals surface area contributed by atoms with Gasteiger partial charge in [0, 0.05) is 12.1 Å². The average Bonchev–Trinajstić information content (AvgIpc) is 2.54. The molecule has 1 aromatic carbocycles. The van der Waals surface area contributed by atoms with Crippen LogP contribution >= 0.6 is 0 Å². The third-order valence-corrected chi connectivity index (χ3v) is 5.52. The lowest BCUT2D eigenvalue weighted by molar-refractivity contribution is 0.0906. The smallest absolute Gasteiger partial charge is 0.119 e. The van der Waals surface area contributed by atoms with Gasteiger partial charge in [-0.05, 0) is 76.0 Å². The van der Waals surface area contributed by atoms with Crippen molar-refractivity contribution in [2.45, 2.75) is 51.1 Å². The highest BCUT2D eigenvalue weighted by molar-refractivity contribution is 5.42. The van der Waals surface area contributed by atoms with Crippen LogP contribution in [0.1, 0.15) is 49.8 Å². The monoisotopic (exact) mass is 288 g/mol. The molecule has 1 fully saturated rings. The molecule has 2 aliphatic rings. The molecule has 1 atom stereocenters. The fourth-order valence-electron chi connectivity index (χ4n) is 4.12. The van der Waals surface area contributed by atoms with E-state index in [1.807, 2.05) is 12.1 Å². The predicted molar refractivity (Wildman–Crippen MR) is 86.7 cm³/mol. The van der Waals surface area contributed by atoms with Crippen LogP contribution < -0.4 is 0 Å². The molecule has 0 amide bonds. The molecular weight excluding hydrogens is 260 g/mol. The second-order valence-corrected chi connectivity index (χ2v) is 6.58. The van der Waals surface area contributed by atoms with Crippen LogP contribution in [-0.2, 0) is 6.42 Å². The van der Waals surface area contributed by atoms with Gasteiger partial charge in [0.2, 0.25) is 0 Å². The van der Waals surface area contributed by atoms with Gasteiger partial charge in [-0.25, -0.2) is 0 Å². The summed E-state index contributed by atoms with van der Waals surface area (Å²) in [4.78, 5) is 5.13. The Labute approximate surface area is 128 Å². The maximum Gasteiger partial charge on any atom is 0.119 e. The van der Waals surface area contributed by atoms with Gasteiger partial charge in [-0.2, -0.15) is 0 Å². The quantitative estimate of drug-likeness (QED) is 0.925. The van der Waals surface area contributed by atoms with E-state index in [1.165, 1.54) is 56.4 Å². The van der Waals surface area contributed by atoms with Crippen LogP contribution in [0, 0.1) is 0 Å². The SMILES string of the molecule is CCN1CCC(N(C)C2CCCc3c(O)cccc32)CC1. The highest BCUT2D eigenvalue weighted by Gasteiger charge is 2.30. The summed E-state index contributed by atoms with van der Waals surface area (Å²) >= 11 is 0. The number of aromatic hydroxyl groups is 1. The molecule has 1 saturated heterocycles. The molecule has 0 aromatic heterocycles. The third-order valence-electron chi connectivity index (χ3n) is 5.52. The zero-order valence-corrected chi connectivity index (χ0v) is 13.4. The summed E-state index contributed by atoms with van der Waals surface area (Å²) in [6, 6.07) is 7.22. The number of piperidine rings is 1. The number of hydrogen-bond acceptors (Lipinski definition) is 3. The molecule has 1 aliphatic heterocycles. The van der Waals surface area contributed by atoms with Crippen molar-refractivity contribution in [2.24, 2.45) is 0 Å². The summed E-state index contributed by atoms with van der Waals surface area (Å²) in [5.74, 6) is 0.492. The lowest BCUT2D eigenvalue weighted by Gasteiger charge is -2.42.